The Morgan fingerprint density at radius 3 is 1.72 bits per heavy atom. The molecular weight excluding hydrogens is 496 g/mol. The van der Waals surface area contributed by atoms with E-state index in [1.165, 1.54) is 0 Å². The van der Waals surface area contributed by atoms with Crippen LogP contribution in [0, 0.1) is 0 Å². The van der Waals surface area contributed by atoms with Crippen molar-refractivity contribution in [3.05, 3.63) is 60.7 Å². The Balaban J connectivity index is 0.000000230. The van der Waals surface area contributed by atoms with Crippen molar-refractivity contribution in [2.75, 3.05) is 63.0 Å². The maximum atomic E-state index is 12.3. The van der Waals surface area contributed by atoms with E-state index in [0.717, 1.165) is 50.4 Å². The lowest BCUT2D eigenvalue weighted by atomic mass is 10.2. The zero-order chi connectivity index (χ0) is 28.1. The lowest BCUT2D eigenvalue weighted by Gasteiger charge is -2.26. The third kappa shape index (κ3) is 10.8. The Labute approximate surface area is 231 Å². The van der Waals surface area contributed by atoms with Crippen molar-refractivity contribution in [3.8, 4) is 0 Å². The van der Waals surface area contributed by atoms with E-state index in [2.05, 4.69) is 16.0 Å². The van der Waals surface area contributed by atoms with Crippen LogP contribution in [0.15, 0.2) is 60.7 Å². The van der Waals surface area contributed by atoms with Crippen LogP contribution in [0.2, 0.25) is 0 Å². The molecule has 39 heavy (non-hydrogen) atoms. The summed E-state index contributed by atoms with van der Waals surface area (Å²) in [7, 11) is 0. The number of amides is 5. The normalized spacial score (nSPS) is 16.1. The minimum absolute atomic E-state index is 0.00472. The number of hydrogen-bond acceptors (Lipinski definition) is 5. The summed E-state index contributed by atoms with van der Waals surface area (Å²) >= 11 is 0. The molecule has 2 heterocycles. The van der Waals surface area contributed by atoms with Gasteiger partial charge in [-0.05, 0) is 64.4 Å². The number of nitrogens with zero attached hydrogens (tertiary/aromatic N) is 3. The number of urea groups is 2. The van der Waals surface area contributed by atoms with Gasteiger partial charge >= 0.3 is 18.2 Å². The number of para-hydroxylation sites is 2. The quantitative estimate of drug-likeness (QED) is 0.515. The third-order valence-electron chi connectivity index (χ3n) is 6.11. The van der Waals surface area contributed by atoms with Gasteiger partial charge in [0.1, 0.15) is 5.60 Å². The molecule has 0 spiro atoms. The van der Waals surface area contributed by atoms with Gasteiger partial charge in [-0.3, -0.25) is 0 Å². The van der Waals surface area contributed by atoms with E-state index in [-0.39, 0.29) is 18.2 Å². The Hall–Kier alpha value is -3.79. The van der Waals surface area contributed by atoms with E-state index in [1.807, 2.05) is 86.3 Å². The van der Waals surface area contributed by atoms with Crippen molar-refractivity contribution >= 4 is 29.5 Å². The van der Waals surface area contributed by atoms with Crippen molar-refractivity contribution in [1.82, 2.24) is 20.0 Å². The van der Waals surface area contributed by atoms with Gasteiger partial charge in [0.25, 0.3) is 0 Å². The summed E-state index contributed by atoms with van der Waals surface area (Å²) in [5.74, 6) is 0. The molecule has 2 aromatic rings. The summed E-state index contributed by atoms with van der Waals surface area (Å²) in [6.45, 7) is 11.2. The van der Waals surface area contributed by atoms with Crippen molar-refractivity contribution < 1.29 is 19.1 Å². The number of rotatable bonds is 2. The summed E-state index contributed by atoms with van der Waals surface area (Å²) in [5.41, 5.74) is 1.11. The molecule has 0 bridgehead atoms. The number of hydrogen-bond donors (Lipinski definition) is 3. The summed E-state index contributed by atoms with van der Waals surface area (Å²) in [6, 6.07) is 18.8. The Bertz CT molecular complexity index is 1040. The van der Waals surface area contributed by atoms with Crippen LogP contribution in [-0.2, 0) is 4.74 Å². The zero-order valence-corrected chi connectivity index (χ0v) is 23.3. The fourth-order valence-electron chi connectivity index (χ4n) is 4.13. The highest BCUT2D eigenvalue weighted by Gasteiger charge is 2.26. The molecule has 2 saturated heterocycles. The number of benzene rings is 2. The molecule has 2 aliphatic heterocycles. The second kappa shape index (κ2) is 15.0. The molecule has 2 fully saturated rings. The minimum Gasteiger partial charge on any atom is -0.444 e. The van der Waals surface area contributed by atoms with Crippen molar-refractivity contribution in [1.29, 1.82) is 0 Å². The van der Waals surface area contributed by atoms with E-state index >= 15 is 0 Å². The number of ether oxygens (including phenoxy) is 1. The maximum Gasteiger partial charge on any atom is 0.410 e. The molecule has 3 N–H and O–H groups in total. The minimum atomic E-state index is -0.506. The highest BCUT2D eigenvalue weighted by atomic mass is 16.6. The van der Waals surface area contributed by atoms with E-state index in [4.69, 9.17) is 4.74 Å². The summed E-state index contributed by atoms with van der Waals surface area (Å²) in [6.07, 6.45) is 1.44. The topological polar surface area (TPSA) is 106 Å². The predicted molar refractivity (Wildman–Crippen MR) is 154 cm³/mol. The second-order valence-electron chi connectivity index (χ2n) is 10.5. The van der Waals surface area contributed by atoms with E-state index in [9.17, 15) is 14.4 Å². The molecule has 0 saturated carbocycles. The first-order valence-corrected chi connectivity index (χ1v) is 13.6. The number of carbonyl (C=O) groups excluding carboxylic acids is 3. The van der Waals surface area contributed by atoms with Crippen LogP contribution in [0.1, 0.15) is 33.6 Å². The molecule has 0 unspecified atom stereocenters. The average molecular weight is 539 g/mol. The summed E-state index contributed by atoms with van der Waals surface area (Å²) < 4.78 is 5.39. The highest BCUT2D eigenvalue weighted by Crippen LogP contribution is 2.13. The molecule has 0 aromatic heterocycles. The van der Waals surface area contributed by atoms with Crippen molar-refractivity contribution in [2.45, 2.75) is 39.2 Å². The molecule has 212 valence electrons. The Kier molecular flexibility index (Phi) is 11.4. The third-order valence-corrected chi connectivity index (χ3v) is 6.11. The standard InChI is InChI=1S/C17H25N3O3.C12H17N3O/c1-17(2,3)23-16(22)20-11-7-10-19(12-13-20)15(21)18-14-8-5-4-6-9-14;16-12(14-11-5-2-1-3-6-11)15-9-4-7-13-8-10-15/h4-6,8-9H,7,10-13H2,1-3H3,(H,18,21);1-3,5-6,13H,4,7-10H2,(H,14,16). The van der Waals surface area contributed by atoms with Gasteiger partial charge in [-0.25, -0.2) is 14.4 Å². The molecular formula is C29H42N6O4. The van der Waals surface area contributed by atoms with Gasteiger partial charge in [-0.1, -0.05) is 36.4 Å². The predicted octanol–water partition coefficient (Wildman–Crippen LogP) is 4.68. The summed E-state index contributed by atoms with van der Waals surface area (Å²) in [5, 5.41) is 9.05. The molecule has 0 radical (unpaired) electrons. The van der Waals surface area contributed by atoms with Crippen LogP contribution < -0.4 is 16.0 Å². The molecule has 2 aromatic carbocycles. The van der Waals surface area contributed by atoms with Crippen molar-refractivity contribution in [2.24, 2.45) is 0 Å². The number of nitrogens with one attached hydrogen (secondary N) is 3. The zero-order valence-electron chi connectivity index (χ0n) is 23.3. The van der Waals surface area contributed by atoms with Gasteiger partial charge in [0.15, 0.2) is 0 Å². The maximum absolute atomic E-state index is 12.3. The van der Waals surface area contributed by atoms with Gasteiger partial charge in [-0.15, -0.1) is 0 Å². The fourth-order valence-corrected chi connectivity index (χ4v) is 4.13. The van der Waals surface area contributed by atoms with Gasteiger partial charge in [0.2, 0.25) is 0 Å². The second-order valence-corrected chi connectivity index (χ2v) is 10.5. The van der Waals surface area contributed by atoms with Crippen LogP contribution in [0.4, 0.5) is 25.8 Å². The van der Waals surface area contributed by atoms with Gasteiger partial charge in [0, 0.05) is 57.2 Å². The lowest BCUT2D eigenvalue weighted by Crippen LogP contribution is -2.41. The van der Waals surface area contributed by atoms with E-state index in [1.54, 1.807) is 9.80 Å². The van der Waals surface area contributed by atoms with Crippen LogP contribution in [0.3, 0.4) is 0 Å². The van der Waals surface area contributed by atoms with Crippen LogP contribution in [0.25, 0.3) is 0 Å². The molecule has 0 aliphatic carbocycles. The largest absolute Gasteiger partial charge is 0.444 e. The highest BCUT2D eigenvalue weighted by molar-refractivity contribution is 5.89. The van der Waals surface area contributed by atoms with E-state index < -0.39 is 5.60 Å². The van der Waals surface area contributed by atoms with Crippen molar-refractivity contribution in [3.63, 3.8) is 0 Å². The lowest BCUT2D eigenvalue weighted by molar-refractivity contribution is 0.0259. The van der Waals surface area contributed by atoms with Crippen LogP contribution >= 0.6 is 0 Å². The Morgan fingerprint density at radius 2 is 1.15 bits per heavy atom. The summed E-state index contributed by atoms with van der Waals surface area (Å²) in [4.78, 5) is 41.6. The molecule has 5 amide bonds. The first kappa shape index (κ1) is 29.8. The average Bonchev–Trinajstić information content (AvgIpc) is 3.33. The fraction of sp³-hybridized carbons (Fsp3) is 0.483. The Morgan fingerprint density at radius 1 is 0.667 bits per heavy atom. The van der Waals surface area contributed by atoms with Gasteiger partial charge in [0.05, 0.1) is 0 Å². The van der Waals surface area contributed by atoms with Crippen LogP contribution in [0.5, 0.6) is 0 Å². The molecule has 10 nitrogen and oxygen atoms in total. The molecule has 4 rings (SSSR count). The monoisotopic (exact) mass is 538 g/mol. The first-order chi connectivity index (χ1) is 18.7. The SMILES string of the molecule is CC(C)(C)OC(=O)N1CCCN(C(=O)Nc2ccccc2)CC1.O=C(Nc1ccccc1)N1CCCNCC1. The first-order valence-electron chi connectivity index (χ1n) is 13.6. The smallest absolute Gasteiger partial charge is 0.410 e. The number of carbonyl (C=O) groups is 3. The molecule has 2 aliphatic rings. The number of anilines is 2. The van der Waals surface area contributed by atoms with Gasteiger partial charge in [-0.2, -0.15) is 0 Å². The van der Waals surface area contributed by atoms with Crippen LogP contribution in [-0.4, -0.2) is 90.8 Å². The van der Waals surface area contributed by atoms with E-state index in [0.29, 0.717) is 26.2 Å². The van der Waals surface area contributed by atoms with Gasteiger partial charge < -0.3 is 35.4 Å². The molecule has 10 heteroatoms. The molecule has 0 atom stereocenters.